The molecule has 22 heavy (non-hydrogen) atoms. The molecule has 0 aromatic carbocycles. The molecule has 1 aliphatic rings. The van der Waals surface area contributed by atoms with Crippen LogP contribution in [0.5, 0.6) is 0 Å². The van der Waals surface area contributed by atoms with Gasteiger partial charge in [-0.25, -0.2) is 0 Å². The minimum Gasteiger partial charge on any atom is -0.394 e. The average Bonchev–Trinajstić information content (AvgIpc) is 2.53. The second kappa shape index (κ2) is 11.6. The van der Waals surface area contributed by atoms with E-state index in [4.69, 9.17) is 9.84 Å². The van der Waals surface area contributed by atoms with Gasteiger partial charge in [0, 0.05) is 0 Å². The number of rotatable bonds is 11. The standard InChI is InChI=1S/C16H32O5S/c1-2-3-4-5-6-7-8-9-10-22-16-15(20)14(19)13(18)12(11-17)21-16/h12-20H,2-11H2,1H3/t12-,13-,14+,15-,16+/m1/s1. The Kier molecular flexibility index (Phi) is 10.7. The van der Waals surface area contributed by atoms with Gasteiger partial charge < -0.3 is 25.2 Å². The van der Waals surface area contributed by atoms with Crippen LogP contribution in [0.2, 0.25) is 0 Å². The molecule has 4 N–H and O–H groups in total. The van der Waals surface area contributed by atoms with E-state index in [9.17, 15) is 15.3 Å². The van der Waals surface area contributed by atoms with Gasteiger partial charge in [-0.3, -0.25) is 0 Å². The maximum atomic E-state index is 9.91. The van der Waals surface area contributed by atoms with Crippen LogP contribution in [0.25, 0.3) is 0 Å². The molecule has 0 amide bonds. The summed E-state index contributed by atoms with van der Waals surface area (Å²) in [5.74, 6) is 0.845. The molecular formula is C16H32O5S. The van der Waals surface area contributed by atoms with Crippen molar-refractivity contribution in [1.29, 1.82) is 0 Å². The topological polar surface area (TPSA) is 90.2 Å². The molecule has 0 aliphatic carbocycles. The first kappa shape index (κ1) is 20.2. The molecule has 5 atom stereocenters. The summed E-state index contributed by atoms with van der Waals surface area (Å²) in [7, 11) is 0. The van der Waals surface area contributed by atoms with E-state index in [2.05, 4.69) is 6.92 Å². The first-order valence-corrected chi connectivity index (χ1v) is 9.58. The Morgan fingerprint density at radius 3 is 2.00 bits per heavy atom. The zero-order chi connectivity index (χ0) is 16.4. The van der Waals surface area contributed by atoms with E-state index in [1.807, 2.05) is 0 Å². The number of hydrogen-bond donors (Lipinski definition) is 4. The average molecular weight is 336 g/mol. The van der Waals surface area contributed by atoms with Crippen LogP contribution < -0.4 is 0 Å². The predicted molar refractivity (Wildman–Crippen MR) is 88.8 cm³/mol. The molecule has 0 aromatic rings. The van der Waals surface area contributed by atoms with E-state index >= 15 is 0 Å². The third-order valence-corrected chi connectivity index (χ3v) is 5.37. The molecule has 132 valence electrons. The third kappa shape index (κ3) is 6.72. The molecule has 1 rings (SSSR count). The SMILES string of the molecule is CCCCCCCCCCS[C@@H]1O[C@H](CO)[C@@H](O)[C@H](O)[C@H]1O. The van der Waals surface area contributed by atoms with Crippen LogP contribution >= 0.6 is 11.8 Å². The van der Waals surface area contributed by atoms with Crippen LogP contribution in [-0.2, 0) is 4.74 Å². The van der Waals surface area contributed by atoms with Crippen molar-refractivity contribution in [3.63, 3.8) is 0 Å². The highest BCUT2D eigenvalue weighted by atomic mass is 32.2. The summed E-state index contributed by atoms with van der Waals surface area (Å²) in [6.45, 7) is 1.86. The van der Waals surface area contributed by atoms with Gasteiger partial charge in [0.25, 0.3) is 0 Å². The fourth-order valence-corrected chi connectivity index (χ4v) is 3.82. The predicted octanol–water partition coefficient (Wildman–Crippen LogP) is 1.66. The van der Waals surface area contributed by atoms with Crippen molar-refractivity contribution in [2.24, 2.45) is 0 Å². The van der Waals surface area contributed by atoms with Crippen LogP contribution in [0.1, 0.15) is 58.3 Å². The molecule has 0 saturated carbocycles. The van der Waals surface area contributed by atoms with Crippen LogP contribution in [0.3, 0.4) is 0 Å². The Morgan fingerprint density at radius 2 is 1.41 bits per heavy atom. The van der Waals surface area contributed by atoms with Crippen molar-refractivity contribution in [3.05, 3.63) is 0 Å². The highest BCUT2D eigenvalue weighted by Crippen LogP contribution is 2.29. The Balaban J connectivity index is 2.11. The normalized spacial score (nSPS) is 32.3. The molecule has 0 bridgehead atoms. The van der Waals surface area contributed by atoms with E-state index in [-0.39, 0.29) is 6.61 Å². The minimum atomic E-state index is -1.26. The maximum Gasteiger partial charge on any atom is 0.132 e. The number of hydrogen-bond acceptors (Lipinski definition) is 6. The van der Waals surface area contributed by atoms with E-state index in [0.29, 0.717) is 0 Å². The van der Waals surface area contributed by atoms with E-state index in [0.717, 1.165) is 18.6 Å². The van der Waals surface area contributed by atoms with E-state index in [1.165, 1.54) is 50.3 Å². The van der Waals surface area contributed by atoms with Crippen molar-refractivity contribution >= 4 is 11.8 Å². The number of ether oxygens (including phenoxy) is 1. The van der Waals surface area contributed by atoms with Crippen LogP contribution in [0.4, 0.5) is 0 Å². The van der Waals surface area contributed by atoms with Gasteiger partial charge in [0.15, 0.2) is 0 Å². The Bertz CT molecular complexity index is 277. The summed E-state index contributed by atoms with van der Waals surface area (Å²) in [5, 5.41) is 38.4. The molecule has 0 spiro atoms. The number of thioether (sulfide) groups is 1. The summed E-state index contributed by atoms with van der Waals surface area (Å²) >= 11 is 1.45. The summed E-state index contributed by atoms with van der Waals surface area (Å²) < 4.78 is 5.46. The Hall–Kier alpha value is 0.150. The van der Waals surface area contributed by atoms with Crippen molar-refractivity contribution in [1.82, 2.24) is 0 Å². The molecule has 6 heteroatoms. The molecule has 1 saturated heterocycles. The monoisotopic (exact) mass is 336 g/mol. The molecule has 5 nitrogen and oxygen atoms in total. The molecule has 0 aromatic heterocycles. The summed E-state index contributed by atoms with van der Waals surface area (Å²) in [5.41, 5.74) is -0.583. The van der Waals surface area contributed by atoms with Crippen LogP contribution in [-0.4, -0.2) is 62.6 Å². The molecule has 1 fully saturated rings. The molecule has 1 heterocycles. The Labute approximate surface area is 138 Å². The second-order valence-electron chi connectivity index (χ2n) is 6.04. The highest BCUT2D eigenvalue weighted by Gasteiger charge is 2.43. The molecule has 0 unspecified atom stereocenters. The van der Waals surface area contributed by atoms with Gasteiger partial charge in [0.2, 0.25) is 0 Å². The van der Waals surface area contributed by atoms with Crippen molar-refractivity contribution in [3.8, 4) is 0 Å². The van der Waals surface area contributed by atoms with Gasteiger partial charge in [-0.05, 0) is 12.2 Å². The highest BCUT2D eigenvalue weighted by molar-refractivity contribution is 7.99. The lowest BCUT2D eigenvalue weighted by Gasteiger charge is -2.39. The van der Waals surface area contributed by atoms with Gasteiger partial charge in [0.05, 0.1) is 6.61 Å². The summed E-state index contributed by atoms with van der Waals surface area (Å²) in [4.78, 5) is 0. The first-order valence-electron chi connectivity index (χ1n) is 8.54. The summed E-state index contributed by atoms with van der Waals surface area (Å²) in [6, 6.07) is 0. The molecule has 0 radical (unpaired) electrons. The fraction of sp³-hybridized carbons (Fsp3) is 1.00. The van der Waals surface area contributed by atoms with E-state index in [1.54, 1.807) is 0 Å². The zero-order valence-electron chi connectivity index (χ0n) is 13.6. The van der Waals surface area contributed by atoms with Crippen molar-refractivity contribution in [2.45, 2.75) is 88.1 Å². The fourth-order valence-electron chi connectivity index (χ4n) is 2.64. The van der Waals surface area contributed by atoms with Gasteiger partial charge in [-0.1, -0.05) is 51.9 Å². The quantitative estimate of drug-likeness (QED) is 0.429. The smallest absolute Gasteiger partial charge is 0.132 e. The van der Waals surface area contributed by atoms with Gasteiger partial charge in [-0.2, -0.15) is 0 Å². The lowest BCUT2D eigenvalue weighted by molar-refractivity contribution is -0.205. The van der Waals surface area contributed by atoms with Gasteiger partial charge >= 0.3 is 0 Å². The van der Waals surface area contributed by atoms with Crippen molar-refractivity contribution in [2.75, 3.05) is 12.4 Å². The number of aliphatic hydroxyl groups is 4. The van der Waals surface area contributed by atoms with Crippen LogP contribution in [0.15, 0.2) is 0 Å². The molecular weight excluding hydrogens is 304 g/mol. The zero-order valence-corrected chi connectivity index (χ0v) is 14.4. The van der Waals surface area contributed by atoms with Crippen molar-refractivity contribution < 1.29 is 25.2 Å². The number of unbranched alkanes of at least 4 members (excludes halogenated alkanes) is 7. The minimum absolute atomic E-state index is 0.361. The lowest BCUT2D eigenvalue weighted by atomic mass is 10.0. The van der Waals surface area contributed by atoms with Crippen LogP contribution in [0, 0.1) is 0 Å². The lowest BCUT2D eigenvalue weighted by Crippen LogP contribution is -2.57. The van der Waals surface area contributed by atoms with E-state index < -0.39 is 29.9 Å². The van der Waals surface area contributed by atoms with Gasteiger partial charge in [0.1, 0.15) is 29.9 Å². The number of aliphatic hydroxyl groups excluding tert-OH is 4. The largest absolute Gasteiger partial charge is 0.394 e. The first-order chi connectivity index (χ1) is 10.6. The summed E-state index contributed by atoms with van der Waals surface area (Å²) in [6.07, 6.45) is 5.54. The second-order valence-corrected chi connectivity index (χ2v) is 7.25. The van der Waals surface area contributed by atoms with Gasteiger partial charge in [-0.15, -0.1) is 11.8 Å². The third-order valence-electron chi connectivity index (χ3n) is 4.13. The molecule has 1 aliphatic heterocycles. The Morgan fingerprint density at radius 1 is 0.818 bits per heavy atom. The maximum absolute atomic E-state index is 9.91.